The third kappa shape index (κ3) is 10.1. The van der Waals surface area contributed by atoms with Gasteiger partial charge in [-0.15, -0.1) is 5.10 Å². The van der Waals surface area contributed by atoms with Gasteiger partial charge in [-0.25, -0.2) is 9.67 Å². The van der Waals surface area contributed by atoms with Crippen molar-refractivity contribution in [3.05, 3.63) is 69.7 Å². The average Bonchev–Trinajstić information content (AvgIpc) is 3.34. The molecule has 0 aliphatic carbocycles. The number of aliphatic imine (C=N–C) groups is 1. The number of para-hydroxylation sites is 1. The molecule has 11 nitrogen and oxygen atoms in total. The van der Waals surface area contributed by atoms with Crippen LogP contribution in [0.3, 0.4) is 0 Å². The van der Waals surface area contributed by atoms with E-state index in [1.807, 2.05) is 31.2 Å². The van der Waals surface area contributed by atoms with E-state index < -0.39 is 11.9 Å². The summed E-state index contributed by atoms with van der Waals surface area (Å²) in [7, 11) is 0. The Morgan fingerprint density at radius 1 is 1.09 bits per heavy atom. The van der Waals surface area contributed by atoms with Crippen LogP contribution < -0.4 is 26.8 Å². The standard InChI is InChI=1S/C30H40Cl2N8O3/c1-5-13-43-26-11-7-6-9-23(26)25(14-18(2)3)38-28(41)24(10-8-12-35-30(33)34)37-29(42)27-36-19(4)40(39-27)22-16-20(31)15-21(32)17-22/h6-7,9,11,15-18,24-25H,5,8,10,12-14H2,1-4H3,(H,37,42)(H,38,41)(H4,33,34,35). The number of amides is 2. The number of hydrogen-bond donors (Lipinski definition) is 4. The molecule has 0 saturated heterocycles. The first-order chi connectivity index (χ1) is 20.5. The molecule has 43 heavy (non-hydrogen) atoms. The lowest BCUT2D eigenvalue weighted by Crippen LogP contribution is -2.48. The lowest BCUT2D eigenvalue weighted by atomic mass is 9.95. The van der Waals surface area contributed by atoms with Crippen LogP contribution >= 0.6 is 23.2 Å². The minimum Gasteiger partial charge on any atom is -0.493 e. The van der Waals surface area contributed by atoms with Crippen LogP contribution in [0.5, 0.6) is 5.75 Å². The van der Waals surface area contributed by atoms with Gasteiger partial charge in [-0.3, -0.25) is 14.6 Å². The number of guanidine groups is 1. The van der Waals surface area contributed by atoms with E-state index in [0.29, 0.717) is 47.6 Å². The largest absolute Gasteiger partial charge is 0.493 e. The molecule has 2 aromatic carbocycles. The molecule has 232 valence electrons. The summed E-state index contributed by atoms with van der Waals surface area (Å²) in [6.45, 7) is 8.76. The van der Waals surface area contributed by atoms with Crippen LogP contribution in [0.1, 0.15) is 74.5 Å². The van der Waals surface area contributed by atoms with E-state index in [2.05, 4.69) is 39.6 Å². The zero-order valence-electron chi connectivity index (χ0n) is 24.9. The number of nitrogens with zero attached hydrogens (tertiary/aromatic N) is 4. The molecule has 2 atom stereocenters. The first-order valence-electron chi connectivity index (χ1n) is 14.3. The number of hydrogen-bond acceptors (Lipinski definition) is 6. The molecule has 3 rings (SSSR count). The van der Waals surface area contributed by atoms with Crippen molar-refractivity contribution in [2.45, 2.75) is 65.5 Å². The van der Waals surface area contributed by atoms with Crippen molar-refractivity contribution in [1.29, 1.82) is 0 Å². The second-order valence-corrected chi connectivity index (χ2v) is 11.4. The molecule has 2 unspecified atom stereocenters. The number of ether oxygens (including phenoxy) is 1. The van der Waals surface area contributed by atoms with Crippen LogP contribution in [-0.4, -0.2) is 51.7 Å². The van der Waals surface area contributed by atoms with Crippen molar-refractivity contribution in [3.63, 3.8) is 0 Å². The molecule has 0 aliphatic heterocycles. The predicted octanol–water partition coefficient (Wildman–Crippen LogP) is 4.73. The lowest BCUT2D eigenvalue weighted by Gasteiger charge is -2.26. The monoisotopic (exact) mass is 630 g/mol. The van der Waals surface area contributed by atoms with Gasteiger partial charge >= 0.3 is 0 Å². The van der Waals surface area contributed by atoms with Gasteiger partial charge < -0.3 is 26.8 Å². The highest BCUT2D eigenvalue weighted by molar-refractivity contribution is 6.34. The Hall–Kier alpha value is -3.83. The number of carbonyl (C=O) groups excluding carboxylic acids is 2. The first kappa shape index (κ1) is 33.7. The molecule has 0 bridgehead atoms. The molecular weight excluding hydrogens is 591 g/mol. The normalized spacial score (nSPS) is 12.4. The molecule has 6 N–H and O–H groups in total. The zero-order valence-corrected chi connectivity index (χ0v) is 26.5. The summed E-state index contributed by atoms with van der Waals surface area (Å²) in [5.74, 6) is 0.323. The highest BCUT2D eigenvalue weighted by Gasteiger charge is 2.28. The van der Waals surface area contributed by atoms with E-state index in [1.54, 1.807) is 25.1 Å². The number of nitrogens with one attached hydrogen (secondary N) is 2. The molecule has 0 aliphatic rings. The van der Waals surface area contributed by atoms with Crippen molar-refractivity contribution in [1.82, 2.24) is 25.4 Å². The number of halogens is 2. The summed E-state index contributed by atoms with van der Waals surface area (Å²) in [5, 5.41) is 11.1. The Morgan fingerprint density at radius 2 is 1.79 bits per heavy atom. The molecule has 0 spiro atoms. The average molecular weight is 632 g/mol. The fraction of sp³-hybridized carbons (Fsp3) is 0.433. The zero-order chi connectivity index (χ0) is 31.5. The summed E-state index contributed by atoms with van der Waals surface area (Å²) < 4.78 is 7.45. The maximum atomic E-state index is 13.8. The van der Waals surface area contributed by atoms with E-state index >= 15 is 0 Å². The van der Waals surface area contributed by atoms with Crippen molar-refractivity contribution >= 4 is 41.0 Å². The maximum absolute atomic E-state index is 13.8. The summed E-state index contributed by atoms with van der Waals surface area (Å²) in [6, 6.07) is 11.3. The van der Waals surface area contributed by atoms with Gasteiger partial charge in [0.1, 0.15) is 17.6 Å². The second kappa shape index (κ2) is 16.1. The van der Waals surface area contributed by atoms with Gasteiger partial charge in [0, 0.05) is 22.2 Å². The summed E-state index contributed by atoms with van der Waals surface area (Å²) >= 11 is 12.3. The highest BCUT2D eigenvalue weighted by atomic mass is 35.5. The molecule has 1 heterocycles. The third-order valence-corrected chi connectivity index (χ3v) is 6.85. The van der Waals surface area contributed by atoms with E-state index in [4.69, 9.17) is 39.4 Å². The van der Waals surface area contributed by atoms with Gasteiger partial charge in [0.15, 0.2) is 5.96 Å². The van der Waals surface area contributed by atoms with E-state index in [9.17, 15) is 9.59 Å². The summed E-state index contributed by atoms with van der Waals surface area (Å²) in [4.78, 5) is 35.5. The fourth-order valence-corrected chi connectivity index (χ4v) is 5.02. The smallest absolute Gasteiger partial charge is 0.291 e. The van der Waals surface area contributed by atoms with Gasteiger partial charge in [-0.1, -0.05) is 62.2 Å². The number of carbonyl (C=O) groups is 2. The van der Waals surface area contributed by atoms with Crippen molar-refractivity contribution in [2.24, 2.45) is 22.4 Å². The maximum Gasteiger partial charge on any atom is 0.291 e. The highest BCUT2D eigenvalue weighted by Crippen LogP contribution is 2.30. The Bertz CT molecular complexity index is 1400. The van der Waals surface area contributed by atoms with E-state index in [1.165, 1.54) is 4.68 Å². The predicted molar refractivity (Wildman–Crippen MR) is 170 cm³/mol. The summed E-state index contributed by atoms with van der Waals surface area (Å²) in [5.41, 5.74) is 12.4. The third-order valence-electron chi connectivity index (χ3n) is 6.41. The van der Waals surface area contributed by atoms with Crippen molar-refractivity contribution in [3.8, 4) is 11.4 Å². The minimum atomic E-state index is -0.909. The molecule has 0 fully saturated rings. The van der Waals surface area contributed by atoms with Crippen LogP contribution in [0.2, 0.25) is 10.0 Å². The van der Waals surface area contributed by atoms with Gasteiger partial charge in [-0.05, 0) is 62.8 Å². The van der Waals surface area contributed by atoms with Crippen LogP contribution in [0.25, 0.3) is 5.69 Å². The summed E-state index contributed by atoms with van der Waals surface area (Å²) in [6.07, 6.45) is 2.25. The Kier molecular flexibility index (Phi) is 12.6. The molecular formula is C30H40Cl2N8O3. The molecule has 3 aromatic rings. The van der Waals surface area contributed by atoms with E-state index in [-0.39, 0.29) is 36.1 Å². The lowest BCUT2D eigenvalue weighted by molar-refractivity contribution is -0.124. The van der Waals surface area contributed by atoms with Crippen LogP contribution in [0.15, 0.2) is 47.5 Å². The number of aryl methyl sites for hydroxylation is 1. The van der Waals surface area contributed by atoms with Crippen LogP contribution in [0.4, 0.5) is 0 Å². The van der Waals surface area contributed by atoms with Crippen molar-refractivity contribution in [2.75, 3.05) is 13.2 Å². The molecule has 1 aromatic heterocycles. The van der Waals surface area contributed by atoms with Crippen molar-refractivity contribution < 1.29 is 14.3 Å². The number of aromatic nitrogens is 3. The fourth-order valence-electron chi connectivity index (χ4n) is 4.51. The minimum absolute atomic E-state index is 0.0444. The SMILES string of the molecule is CCCOc1ccccc1C(CC(C)C)NC(=O)C(CCCN=C(N)N)NC(=O)c1nc(C)n(-c2cc(Cl)cc(Cl)c2)n1. The van der Waals surface area contributed by atoms with Crippen LogP contribution in [-0.2, 0) is 4.79 Å². The topological polar surface area (TPSA) is 163 Å². The molecule has 0 saturated carbocycles. The molecule has 13 heteroatoms. The Morgan fingerprint density at radius 3 is 2.44 bits per heavy atom. The van der Waals surface area contributed by atoms with Gasteiger partial charge in [0.2, 0.25) is 11.7 Å². The quantitative estimate of drug-likeness (QED) is 0.107. The molecule has 0 radical (unpaired) electrons. The number of nitrogens with two attached hydrogens (primary N) is 2. The Labute approximate surface area is 262 Å². The number of rotatable bonds is 15. The van der Waals surface area contributed by atoms with Gasteiger partial charge in [0.25, 0.3) is 5.91 Å². The van der Waals surface area contributed by atoms with E-state index in [0.717, 1.165) is 17.7 Å². The van der Waals surface area contributed by atoms with Gasteiger partial charge in [-0.2, -0.15) is 0 Å². The number of benzene rings is 2. The first-order valence-corrected chi connectivity index (χ1v) is 15.0. The second-order valence-electron chi connectivity index (χ2n) is 10.6. The van der Waals surface area contributed by atoms with Gasteiger partial charge in [0.05, 0.1) is 18.3 Å². The Balaban J connectivity index is 1.86. The van der Waals surface area contributed by atoms with Crippen LogP contribution in [0, 0.1) is 12.8 Å². The molecule has 2 amide bonds.